The number of aromatic nitrogens is 1. The molecule has 1 aromatic heterocycles. The van der Waals surface area contributed by atoms with Gasteiger partial charge in [-0.25, -0.2) is 0 Å². The number of amides is 1. The Morgan fingerprint density at radius 2 is 2.14 bits per heavy atom. The molecule has 1 heterocycles. The molecule has 0 aliphatic rings. The zero-order valence-corrected chi connectivity index (χ0v) is 11.2. The smallest absolute Gasteiger partial charge is 0.396 e. The number of nitrogens with one attached hydrogen (secondary N) is 2. The van der Waals surface area contributed by atoms with Gasteiger partial charge in [-0.1, -0.05) is 0 Å². The molecule has 0 aliphatic carbocycles. The zero-order chi connectivity index (χ0) is 16.0. The summed E-state index contributed by atoms with van der Waals surface area (Å²) >= 11 is 0. The lowest BCUT2D eigenvalue weighted by molar-refractivity contribution is -0.141. The third-order valence-corrected chi connectivity index (χ3v) is 2.64. The topological polar surface area (TPSA) is 91.4 Å². The minimum atomic E-state index is -4.69. The molecule has 0 fully saturated rings. The summed E-state index contributed by atoms with van der Waals surface area (Å²) in [6.07, 6.45) is -4.50. The van der Waals surface area contributed by atoms with Gasteiger partial charge in [-0.3, -0.25) is 9.59 Å². The normalized spacial score (nSPS) is 13.0. The summed E-state index contributed by atoms with van der Waals surface area (Å²) in [6.45, 7) is -0.109. The largest absolute Gasteiger partial charge is 0.431 e. The van der Waals surface area contributed by atoms with Crippen molar-refractivity contribution >= 4 is 5.91 Å². The first-order valence-electron chi connectivity index (χ1n) is 6.00. The van der Waals surface area contributed by atoms with Gasteiger partial charge in [0, 0.05) is 13.7 Å². The fourth-order valence-corrected chi connectivity index (χ4v) is 1.64. The maximum atomic E-state index is 12.4. The molecular formula is C12H15F3N2O4. The molecule has 1 unspecified atom stereocenters. The van der Waals surface area contributed by atoms with E-state index in [0.717, 1.165) is 6.07 Å². The van der Waals surface area contributed by atoms with E-state index in [2.05, 4.69) is 5.32 Å². The van der Waals surface area contributed by atoms with Crippen molar-refractivity contribution in [2.75, 3.05) is 20.3 Å². The van der Waals surface area contributed by atoms with E-state index in [4.69, 9.17) is 9.84 Å². The maximum absolute atomic E-state index is 12.4. The van der Waals surface area contributed by atoms with Gasteiger partial charge in [0.05, 0.1) is 12.6 Å². The van der Waals surface area contributed by atoms with Crippen LogP contribution in [-0.2, 0) is 10.9 Å². The van der Waals surface area contributed by atoms with Crippen LogP contribution in [0.3, 0.4) is 0 Å². The number of aliphatic hydroxyl groups excluding tert-OH is 1. The van der Waals surface area contributed by atoms with Gasteiger partial charge < -0.3 is 20.1 Å². The Hall–Kier alpha value is -1.87. The molecule has 0 radical (unpaired) electrons. The Morgan fingerprint density at radius 3 is 2.62 bits per heavy atom. The number of H-pyrrole nitrogens is 1. The molecular weight excluding hydrogens is 293 g/mol. The summed E-state index contributed by atoms with van der Waals surface area (Å²) < 4.78 is 42.0. The van der Waals surface area contributed by atoms with Crippen LogP contribution < -0.4 is 10.9 Å². The van der Waals surface area contributed by atoms with E-state index >= 15 is 0 Å². The summed E-state index contributed by atoms with van der Waals surface area (Å²) in [4.78, 5) is 25.0. The first-order chi connectivity index (χ1) is 9.79. The highest BCUT2D eigenvalue weighted by Gasteiger charge is 2.32. The molecule has 0 aliphatic heterocycles. The molecule has 0 aromatic carbocycles. The second-order valence-corrected chi connectivity index (χ2v) is 4.25. The molecule has 1 rings (SSSR count). The molecule has 118 valence electrons. The summed E-state index contributed by atoms with van der Waals surface area (Å²) in [5.41, 5.74) is -2.81. The minimum Gasteiger partial charge on any atom is -0.396 e. The predicted molar refractivity (Wildman–Crippen MR) is 66.9 cm³/mol. The zero-order valence-electron chi connectivity index (χ0n) is 11.2. The highest BCUT2D eigenvalue weighted by atomic mass is 19.4. The van der Waals surface area contributed by atoms with E-state index in [1.54, 1.807) is 4.98 Å². The van der Waals surface area contributed by atoms with Gasteiger partial charge in [0.15, 0.2) is 0 Å². The van der Waals surface area contributed by atoms with Crippen molar-refractivity contribution in [3.63, 3.8) is 0 Å². The molecule has 1 aromatic rings. The number of hydrogen-bond donors (Lipinski definition) is 3. The van der Waals surface area contributed by atoms with Crippen molar-refractivity contribution < 1.29 is 27.8 Å². The van der Waals surface area contributed by atoms with Crippen molar-refractivity contribution in [3.8, 4) is 0 Å². The van der Waals surface area contributed by atoms with Gasteiger partial charge >= 0.3 is 6.18 Å². The van der Waals surface area contributed by atoms with Gasteiger partial charge in [-0.15, -0.1) is 0 Å². The Kier molecular flexibility index (Phi) is 5.91. The second kappa shape index (κ2) is 7.23. The molecule has 3 N–H and O–H groups in total. The summed E-state index contributed by atoms with van der Waals surface area (Å²) in [5, 5.41) is 11.2. The summed E-state index contributed by atoms with van der Waals surface area (Å²) in [7, 11) is 1.39. The lowest BCUT2D eigenvalue weighted by Gasteiger charge is -2.16. The molecule has 0 spiro atoms. The SMILES string of the molecule is COCC(CCO)NC(=O)c1ccc(C(F)(F)F)[nH]c1=O. The van der Waals surface area contributed by atoms with Gasteiger partial charge in [0.1, 0.15) is 11.3 Å². The predicted octanol–water partition coefficient (Wildman–Crippen LogP) is 0.521. The number of alkyl halides is 3. The van der Waals surface area contributed by atoms with Gasteiger partial charge in [-0.05, 0) is 18.6 Å². The van der Waals surface area contributed by atoms with Crippen LogP contribution >= 0.6 is 0 Å². The number of carbonyl (C=O) groups is 1. The third kappa shape index (κ3) is 4.87. The molecule has 9 heteroatoms. The monoisotopic (exact) mass is 308 g/mol. The molecule has 0 saturated heterocycles. The standard InChI is InChI=1S/C12H15F3N2O4/c1-21-6-7(4-5-18)16-10(19)8-2-3-9(12(13,14)15)17-11(8)20/h2-3,7,18H,4-6H2,1H3,(H,16,19)(H,17,20). The van der Waals surface area contributed by atoms with Crippen molar-refractivity contribution in [1.29, 1.82) is 0 Å². The van der Waals surface area contributed by atoms with Gasteiger partial charge in [-0.2, -0.15) is 13.2 Å². The lowest BCUT2D eigenvalue weighted by Crippen LogP contribution is -2.41. The van der Waals surface area contributed by atoms with Gasteiger partial charge in [0.2, 0.25) is 0 Å². The van der Waals surface area contributed by atoms with E-state index in [1.165, 1.54) is 7.11 Å². The lowest BCUT2D eigenvalue weighted by atomic mass is 10.2. The number of aliphatic hydroxyl groups is 1. The van der Waals surface area contributed by atoms with Crippen LogP contribution in [0.5, 0.6) is 0 Å². The average Bonchev–Trinajstić information content (AvgIpc) is 2.37. The quantitative estimate of drug-likeness (QED) is 0.714. The Labute approximate surface area is 117 Å². The van der Waals surface area contributed by atoms with E-state index in [9.17, 15) is 22.8 Å². The molecule has 0 bridgehead atoms. The van der Waals surface area contributed by atoms with E-state index < -0.39 is 34.9 Å². The van der Waals surface area contributed by atoms with Crippen molar-refractivity contribution in [3.05, 3.63) is 33.7 Å². The first-order valence-corrected chi connectivity index (χ1v) is 6.00. The molecule has 1 atom stereocenters. The minimum absolute atomic E-state index is 0.102. The van der Waals surface area contributed by atoms with Crippen LogP contribution in [-0.4, -0.2) is 42.4 Å². The van der Waals surface area contributed by atoms with Crippen LogP contribution in [0.25, 0.3) is 0 Å². The number of halogens is 3. The summed E-state index contributed by atoms with van der Waals surface area (Å²) in [5.74, 6) is -0.833. The first kappa shape index (κ1) is 17.2. The molecule has 21 heavy (non-hydrogen) atoms. The molecule has 0 saturated carbocycles. The Balaban J connectivity index is 2.90. The third-order valence-electron chi connectivity index (χ3n) is 2.64. The Bertz CT molecular complexity index is 536. The number of carbonyl (C=O) groups excluding carboxylic acids is 1. The fraction of sp³-hybridized carbons (Fsp3) is 0.500. The number of ether oxygens (including phenoxy) is 1. The average molecular weight is 308 g/mol. The Morgan fingerprint density at radius 1 is 1.48 bits per heavy atom. The van der Waals surface area contributed by atoms with Crippen molar-refractivity contribution in [2.45, 2.75) is 18.6 Å². The second-order valence-electron chi connectivity index (χ2n) is 4.25. The van der Waals surface area contributed by atoms with Crippen LogP contribution in [0.15, 0.2) is 16.9 Å². The fourth-order valence-electron chi connectivity index (χ4n) is 1.64. The van der Waals surface area contributed by atoms with E-state index in [-0.39, 0.29) is 19.6 Å². The van der Waals surface area contributed by atoms with Crippen LogP contribution in [0.4, 0.5) is 13.2 Å². The number of methoxy groups -OCH3 is 1. The van der Waals surface area contributed by atoms with Crippen molar-refractivity contribution in [2.24, 2.45) is 0 Å². The van der Waals surface area contributed by atoms with Crippen LogP contribution in [0.1, 0.15) is 22.5 Å². The highest BCUT2D eigenvalue weighted by molar-refractivity contribution is 5.94. The molecule has 1 amide bonds. The number of aromatic amines is 1. The number of hydrogen-bond acceptors (Lipinski definition) is 4. The number of pyridine rings is 1. The van der Waals surface area contributed by atoms with Crippen molar-refractivity contribution in [1.82, 2.24) is 10.3 Å². The van der Waals surface area contributed by atoms with Gasteiger partial charge in [0.25, 0.3) is 11.5 Å². The highest BCUT2D eigenvalue weighted by Crippen LogP contribution is 2.26. The number of rotatable bonds is 6. The van der Waals surface area contributed by atoms with Crippen LogP contribution in [0.2, 0.25) is 0 Å². The molecule has 6 nitrogen and oxygen atoms in total. The summed E-state index contributed by atoms with van der Waals surface area (Å²) in [6, 6.07) is 0.877. The van der Waals surface area contributed by atoms with E-state index in [0.29, 0.717) is 6.07 Å². The maximum Gasteiger partial charge on any atom is 0.431 e. The van der Waals surface area contributed by atoms with E-state index in [1.807, 2.05) is 0 Å². The van der Waals surface area contributed by atoms with Crippen LogP contribution in [0, 0.1) is 0 Å².